The van der Waals surface area contributed by atoms with Crippen LogP contribution in [0.25, 0.3) is 0 Å². The molecule has 138 valence electrons. The highest BCUT2D eigenvalue weighted by molar-refractivity contribution is 6.31. The Balaban J connectivity index is 1.72. The molecule has 1 unspecified atom stereocenters. The predicted molar refractivity (Wildman–Crippen MR) is 105 cm³/mol. The third-order valence-electron chi connectivity index (χ3n) is 4.71. The predicted octanol–water partition coefficient (Wildman–Crippen LogP) is 4.31. The Morgan fingerprint density at radius 2 is 1.96 bits per heavy atom. The minimum Gasteiger partial charge on any atom is -0.494 e. The van der Waals surface area contributed by atoms with E-state index in [1.807, 2.05) is 43.3 Å². The quantitative estimate of drug-likeness (QED) is 0.787. The van der Waals surface area contributed by atoms with Crippen LogP contribution in [0, 0.1) is 0 Å². The number of halogens is 1. The average molecular weight is 373 g/mol. The van der Waals surface area contributed by atoms with E-state index in [0.717, 1.165) is 23.7 Å². The second-order valence-electron chi connectivity index (χ2n) is 6.45. The van der Waals surface area contributed by atoms with E-state index in [2.05, 4.69) is 10.2 Å². The third kappa shape index (κ3) is 4.57. The highest BCUT2D eigenvalue weighted by Crippen LogP contribution is 2.29. The fraction of sp³-hybridized carbons (Fsp3) is 0.381. The molecular formula is C21H25ClN2O2. The summed E-state index contributed by atoms with van der Waals surface area (Å²) in [6.07, 6.45) is 2.37. The molecule has 26 heavy (non-hydrogen) atoms. The first-order chi connectivity index (χ1) is 12.7. The van der Waals surface area contributed by atoms with Crippen LogP contribution in [0.1, 0.15) is 41.7 Å². The topological polar surface area (TPSA) is 41.6 Å². The second-order valence-corrected chi connectivity index (χ2v) is 6.86. The average Bonchev–Trinajstić information content (AvgIpc) is 3.18. The number of nitrogens with one attached hydrogen (secondary N) is 1. The lowest BCUT2D eigenvalue weighted by Gasteiger charge is -2.29. The van der Waals surface area contributed by atoms with Crippen molar-refractivity contribution >= 4 is 17.5 Å². The van der Waals surface area contributed by atoms with Crippen LogP contribution in [0.3, 0.4) is 0 Å². The Morgan fingerprint density at radius 3 is 2.69 bits per heavy atom. The number of ether oxygens (including phenoxy) is 1. The first-order valence-corrected chi connectivity index (χ1v) is 9.56. The zero-order valence-electron chi connectivity index (χ0n) is 15.1. The van der Waals surface area contributed by atoms with Gasteiger partial charge in [-0.05, 0) is 62.7 Å². The molecule has 1 saturated heterocycles. The van der Waals surface area contributed by atoms with Crippen LogP contribution < -0.4 is 10.1 Å². The molecule has 0 saturated carbocycles. The summed E-state index contributed by atoms with van der Waals surface area (Å²) in [5.74, 6) is 0.616. The van der Waals surface area contributed by atoms with E-state index in [0.29, 0.717) is 24.5 Å². The van der Waals surface area contributed by atoms with Gasteiger partial charge >= 0.3 is 0 Å². The molecule has 1 amide bonds. The molecule has 1 atom stereocenters. The summed E-state index contributed by atoms with van der Waals surface area (Å²) < 4.78 is 5.48. The summed E-state index contributed by atoms with van der Waals surface area (Å²) in [7, 11) is 0. The number of benzene rings is 2. The monoisotopic (exact) mass is 372 g/mol. The van der Waals surface area contributed by atoms with Gasteiger partial charge in [-0.15, -0.1) is 0 Å². The van der Waals surface area contributed by atoms with Crippen LogP contribution >= 0.6 is 11.6 Å². The van der Waals surface area contributed by atoms with Crippen LogP contribution in [-0.4, -0.2) is 37.0 Å². The number of hydrogen-bond donors (Lipinski definition) is 1. The second kappa shape index (κ2) is 9.06. The molecule has 0 bridgehead atoms. The lowest BCUT2D eigenvalue weighted by molar-refractivity contribution is 0.0937. The Hall–Kier alpha value is -2.04. The summed E-state index contributed by atoms with van der Waals surface area (Å²) in [5, 5.41) is 3.82. The fourth-order valence-corrected chi connectivity index (χ4v) is 3.68. The molecule has 1 aliphatic rings. The van der Waals surface area contributed by atoms with Crippen molar-refractivity contribution in [2.45, 2.75) is 25.8 Å². The van der Waals surface area contributed by atoms with Gasteiger partial charge in [-0.1, -0.05) is 35.9 Å². The number of likely N-dealkylation sites (tertiary alicyclic amines) is 1. The van der Waals surface area contributed by atoms with Crippen molar-refractivity contribution < 1.29 is 9.53 Å². The number of carbonyl (C=O) groups excluding carboxylic acids is 1. The van der Waals surface area contributed by atoms with Crippen molar-refractivity contribution in [3.05, 3.63) is 64.7 Å². The van der Waals surface area contributed by atoms with Crippen LogP contribution in [0.4, 0.5) is 0 Å². The molecule has 2 aromatic rings. The van der Waals surface area contributed by atoms with Crippen molar-refractivity contribution in [3.8, 4) is 5.75 Å². The summed E-state index contributed by atoms with van der Waals surface area (Å²) in [6, 6.07) is 15.3. The van der Waals surface area contributed by atoms with Crippen LogP contribution in [0.5, 0.6) is 5.75 Å². The molecule has 0 aliphatic carbocycles. The van der Waals surface area contributed by atoms with Gasteiger partial charge in [0.05, 0.1) is 12.6 Å². The van der Waals surface area contributed by atoms with E-state index in [-0.39, 0.29) is 11.9 Å². The van der Waals surface area contributed by atoms with Crippen LogP contribution in [-0.2, 0) is 0 Å². The van der Waals surface area contributed by atoms with Gasteiger partial charge in [0, 0.05) is 17.1 Å². The number of rotatable bonds is 7. The Kier molecular flexibility index (Phi) is 6.53. The first kappa shape index (κ1) is 18.7. The lowest BCUT2D eigenvalue weighted by Crippen LogP contribution is -2.37. The van der Waals surface area contributed by atoms with E-state index in [1.54, 1.807) is 12.1 Å². The van der Waals surface area contributed by atoms with E-state index >= 15 is 0 Å². The standard InChI is InChI=1S/C21H25ClN2O2/c1-2-26-17-9-7-8-16(14-17)21(25)23-15-20(24-12-5-6-13-24)18-10-3-4-11-19(18)22/h3-4,7-11,14,20H,2,5-6,12-13,15H2,1H3,(H,23,25). The maximum Gasteiger partial charge on any atom is 0.251 e. The zero-order chi connectivity index (χ0) is 18.4. The third-order valence-corrected chi connectivity index (χ3v) is 5.05. The van der Waals surface area contributed by atoms with Gasteiger partial charge in [0.1, 0.15) is 5.75 Å². The van der Waals surface area contributed by atoms with Crippen LogP contribution in [0.15, 0.2) is 48.5 Å². The number of carbonyl (C=O) groups is 1. The molecule has 0 radical (unpaired) electrons. The molecular weight excluding hydrogens is 348 g/mol. The SMILES string of the molecule is CCOc1cccc(C(=O)NCC(c2ccccc2Cl)N2CCCC2)c1. The van der Waals surface area contributed by atoms with E-state index in [4.69, 9.17) is 16.3 Å². The number of nitrogens with zero attached hydrogens (tertiary/aromatic N) is 1. The molecule has 2 aromatic carbocycles. The number of hydrogen-bond acceptors (Lipinski definition) is 3. The molecule has 0 aromatic heterocycles. The molecule has 3 rings (SSSR count). The van der Waals surface area contributed by atoms with Crippen molar-refractivity contribution in [3.63, 3.8) is 0 Å². The molecule has 4 nitrogen and oxygen atoms in total. The lowest BCUT2D eigenvalue weighted by atomic mass is 10.0. The van der Waals surface area contributed by atoms with Gasteiger partial charge < -0.3 is 10.1 Å². The summed E-state index contributed by atoms with van der Waals surface area (Å²) in [4.78, 5) is 15.0. The van der Waals surface area contributed by atoms with Crippen molar-refractivity contribution in [1.82, 2.24) is 10.2 Å². The highest BCUT2D eigenvalue weighted by atomic mass is 35.5. The largest absolute Gasteiger partial charge is 0.494 e. The summed E-state index contributed by atoms with van der Waals surface area (Å²) in [5.41, 5.74) is 1.68. The Morgan fingerprint density at radius 1 is 1.19 bits per heavy atom. The minimum atomic E-state index is -0.0946. The minimum absolute atomic E-state index is 0.0882. The van der Waals surface area contributed by atoms with Gasteiger partial charge in [-0.2, -0.15) is 0 Å². The maximum absolute atomic E-state index is 12.6. The summed E-state index contributed by atoms with van der Waals surface area (Å²) in [6.45, 7) is 5.10. The first-order valence-electron chi connectivity index (χ1n) is 9.18. The van der Waals surface area contributed by atoms with Crippen molar-refractivity contribution in [2.24, 2.45) is 0 Å². The van der Waals surface area contributed by atoms with Crippen LogP contribution in [0.2, 0.25) is 5.02 Å². The normalized spacial score (nSPS) is 15.6. The van der Waals surface area contributed by atoms with Gasteiger partial charge in [-0.3, -0.25) is 9.69 Å². The molecule has 1 aliphatic heterocycles. The fourth-order valence-electron chi connectivity index (χ4n) is 3.42. The Bertz CT molecular complexity index is 744. The molecule has 1 fully saturated rings. The molecule has 0 spiro atoms. The van der Waals surface area contributed by atoms with Gasteiger partial charge in [0.25, 0.3) is 5.91 Å². The van der Waals surface area contributed by atoms with Crippen molar-refractivity contribution in [2.75, 3.05) is 26.2 Å². The van der Waals surface area contributed by atoms with Gasteiger partial charge in [0.15, 0.2) is 0 Å². The Labute approximate surface area is 160 Å². The molecule has 5 heteroatoms. The number of amides is 1. The van der Waals surface area contributed by atoms with Crippen molar-refractivity contribution in [1.29, 1.82) is 0 Å². The molecule has 1 N–H and O–H groups in total. The van der Waals surface area contributed by atoms with Gasteiger partial charge in [-0.25, -0.2) is 0 Å². The highest BCUT2D eigenvalue weighted by Gasteiger charge is 2.25. The van der Waals surface area contributed by atoms with E-state index < -0.39 is 0 Å². The maximum atomic E-state index is 12.6. The van der Waals surface area contributed by atoms with E-state index in [9.17, 15) is 4.79 Å². The summed E-state index contributed by atoms with van der Waals surface area (Å²) >= 11 is 6.43. The van der Waals surface area contributed by atoms with Gasteiger partial charge in [0.2, 0.25) is 0 Å². The van der Waals surface area contributed by atoms with E-state index in [1.165, 1.54) is 12.8 Å². The smallest absolute Gasteiger partial charge is 0.251 e. The molecule has 1 heterocycles. The zero-order valence-corrected chi connectivity index (χ0v) is 15.8.